The Hall–Kier alpha value is -3.49. The smallest absolute Gasteiger partial charge is 0.253 e. The van der Waals surface area contributed by atoms with Gasteiger partial charge in [0.2, 0.25) is 0 Å². The number of hydrogen-bond acceptors (Lipinski definition) is 6. The number of hydrogen-bond donors (Lipinski definition) is 4. The zero-order chi connectivity index (χ0) is 28.1. The van der Waals surface area contributed by atoms with Crippen molar-refractivity contribution < 1.29 is 4.79 Å². The van der Waals surface area contributed by atoms with Crippen molar-refractivity contribution in [1.29, 1.82) is 0 Å². The minimum Gasteiger partial charge on any atom is -0.385 e. The summed E-state index contributed by atoms with van der Waals surface area (Å²) >= 11 is 0. The molecule has 0 aliphatic heterocycles. The average molecular weight is 531 g/mol. The molecule has 8 nitrogen and oxygen atoms in total. The molecule has 4 rings (SSSR count). The number of aromatic amines is 1. The van der Waals surface area contributed by atoms with Crippen LogP contribution < -0.4 is 21.9 Å². The summed E-state index contributed by atoms with van der Waals surface area (Å²) in [7, 11) is 4.04. The van der Waals surface area contributed by atoms with E-state index in [1.165, 1.54) is 0 Å². The van der Waals surface area contributed by atoms with Crippen LogP contribution in [0.3, 0.4) is 0 Å². The summed E-state index contributed by atoms with van der Waals surface area (Å²) in [5.41, 5.74) is 13.4. The molecule has 0 spiro atoms. The zero-order valence-corrected chi connectivity index (χ0v) is 23.9. The Balaban J connectivity index is 1.61. The number of carbonyl (C=O) groups excluding carboxylic acids is 1. The Bertz CT molecular complexity index is 1350. The summed E-state index contributed by atoms with van der Waals surface area (Å²) in [4.78, 5) is 35.5. The minimum atomic E-state index is -0.211. The van der Waals surface area contributed by atoms with Gasteiger partial charge in [-0.1, -0.05) is 6.07 Å². The highest BCUT2D eigenvalue weighted by Gasteiger charge is 2.20. The number of nitrogens with two attached hydrogens (primary N) is 1. The van der Waals surface area contributed by atoms with E-state index in [9.17, 15) is 9.59 Å². The molecule has 8 heteroatoms. The SMILES string of the molecule is Cc1cc(C)c(CNC(=O)c2cc(-c3ccc(CN(C)C)nc3)cc(NCC3CCC(N)CC3)c2C)c(=O)[nH]1. The van der Waals surface area contributed by atoms with Crippen LogP contribution in [0.15, 0.2) is 41.3 Å². The number of aromatic nitrogens is 2. The van der Waals surface area contributed by atoms with Crippen LogP contribution in [0.25, 0.3) is 11.1 Å². The summed E-state index contributed by atoms with van der Waals surface area (Å²) < 4.78 is 0. The second-order valence-electron chi connectivity index (χ2n) is 11.3. The lowest BCUT2D eigenvalue weighted by molar-refractivity contribution is 0.0950. The van der Waals surface area contributed by atoms with Gasteiger partial charge in [-0.15, -0.1) is 0 Å². The van der Waals surface area contributed by atoms with Gasteiger partial charge in [0.05, 0.1) is 5.69 Å². The minimum absolute atomic E-state index is 0.163. The molecule has 1 aliphatic carbocycles. The van der Waals surface area contributed by atoms with Gasteiger partial charge in [0.25, 0.3) is 11.5 Å². The predicted octanol–water partition coefficient (Wildman–Crippen LogP) is 4.28. The molecular formula is C31H42N6O2. The van der Waals surface area contributed by atoms with Crippen LogP contribution >= 0.6 is 0 Å². The topological polar surface area (TPSA) is 116 Å². The molecular weight excluding hydrogens is 488 g/mol. The van der Waals surface area contributed by atoms with Crippen molar-refractivity contribution in [3.8, 4) is 11.1 Å². The van der Waals surface area contributed by atoms with Gasteiger partial charge >= 0.3 is 0 Å². The third kappa shape index (κ3) is 7.34. The van der Waals surface area contributed by atoms with Gasteiger partial charge < -0.3 is 26.3 Å². The molecule has 3 aromatic rings. The van der Waals surface area contributed by atoms with Gasteiger partial charge in [0.1, 0.15) is 0 Å². The fraction of sp³-hybridized carbons (Fsp3) is 0.452. The number of aryl methyl sites for hydroxylation is 2. The number of nitrogens with zero attached hydrogens (tertiary/aromatic N) is 2. The van der Waals surface area contributed by atoms with Gasteiger partial charge in [-0.2, -0.15) is 0 Å². The standard InChI is InChI=1S/C31H42N6O2/c1-19-12-20(2)36-31(39)28(19)17-35-30(38)27-13-24(23-8-11-26(33-16-23)18-37(4)5)14-29(21(27)3)34-15-22-6-9-25(32)10-7-22/h8,11-14,16,22,25,34H,6-7,9-10,15,17-18,32H2,1-5H3,(H,35,38)(H,36,39). The molecule has 208 valence electrons. The zero-order valence-electron chi connectivity index (χ0n) is 23.9. The molecule has 0 radical (unpaired) electrons. The second-order valence-corrected chi connectivity index (χ2v) is 11.3. The first-order valence-corrected chi connectivity index (χ1v) is 13.8. The van der Waals surface area contributed by atoms with Crippen LogP contribution in [0, 0.1) is 26.7 Å². The van der Waals surface area contributed by atoms with Crippen molar-refractivity contribution >= 4 is 11.6 Å². The molecule has 5 N–H and O–H groups in total. The second kappa shape index (κ2) is 12.6. The Kier molecular flexibility index (Phi) is 9.20. The number of nitrogens with one attached hydrogen (secondary N) is 3. The highest BCUT2D eigenvalue weighted by Crippen LogP contribution is 2.30. The Morgan fingerprint density at radius 3 is 2.46 bits per heavy atom. The number of anilines is 1. The number of carbonyl (C=O) groups is 1. The number of benzene rings is 1. The van der Waals surface area contributed by atoms with Gasteiger partial charge in [0, 0.05) is 59.9 Å². The van der Waals surface area contributed by atoms with Crippen molar-refractivity contribution in [2.45, 2.75) is 65.6 Å². The van der Waals surface area contributed by atoms with Crippen molar-refractivity contribution in [3.05, 3.63) is 80.5 Å². The summed E-state index contributed by atoms with van der Waals surface area (Å²) in [6, 6.07) is 10.3. The third-order valence-electron chi connectivity index (χ3n) is 7.68. The fourth-order valence-corrected chi connectivity index (χ4v) is 5.32. The third-order valence-corrected chi connectivity index (χ3v) is 7.68. The molecule has 0 unspecified atom stereocenters. The molecule has 0 bridgehead atoms. The quantitative estimate of drug-likeness (QED) is 0.328. The largest absolute Gasteiger partial charge is 0.385 e. The van der Waals surface area contributed by atoms with Crippen LogP contribution in [0.1, 0.15) is 64.1 Å². The summed E-state index contributed by atoms with van der Waals surface area (Å²) in [5, 5.41) is 6.62. The monoisotopic (exact) mass is 530 g/mol. The molecule has 1 saturated carbocycles. The first-order valence-electron chi connectivity index (χ1n) is 13.8. The number of H-pyrrole nitrogens is 1. The normalized spacial score (nSPS) is 17.3. The Morgan fingerprint density at radius 2 is 1.82 bits per heavy atom. The van der Waals surface area contributed by atoms with E-state index in [1.807, 2.05) is 59.3 Å². The maximum atomic E-state index is 13.5. The van der Waals surface area contributed by atoms with E-state index < -0.39 is 0 Å². The Morgan fingerprint density at radius 1 is 1.08 bits per heavy atom. The van der Waals surface area contributed by atoms with Gasteiger partial charge in [-0.3, -0.25) is 14.6 Å². The van der Waals surface area contributed by atoms with Gasteiger partial charge in [-0.05, 0) is 107 Å². The summed E-state index contributed by atoms with van der Waals surface area (Å²) in [6.07, 6.45) is 6.21. The molecule has 2 aromatic heterocycles. The fourth-order valence-electron chi connectivity index (χ4n) is 5.32. The van der Waals surface area contributed by atoms with Crippen LogP contribution in [0.5, 0.6) is 0 Å². The van der Waals surface area contributed by atoms with Crippen LogP contribution in [0.4, 0.5) is 5.69 Å². The number of pyridine rings is 2. The lowest BCUT2D eigenvalue weighted by atomic mass is 9.86. The van der Waals surface area contributed by atoms with Crippen molar-refractivity contribution in [2.75, 3.05) is 26.0 Å². The molecule has 0 saturated heterocycles. The van der Waals surface area contributed by atoms with E-state index in [-0.39, 0.29) is 18.0 Å². The van der Waals surface area contributed by atoms with Gasteiger partial charge in [-0.25, -0.2) is 0 Å². The van der Waals surface area contributed by atoms with E-state index in [0.717, 1.165) is 78.1 Å². The molecule has 1 aromatic carbocycles. The number of rotatable bonds is 9. The van der Waals surface area contributed by atoms with Crippen molar-refractivity contribution in [1.82, 2.24) is 20.2 Å². The van der Waals surface area contributed by atoms with Crippen molar-refractivity contribution in [2.24, 2.45) is 11.7 Å². The summed E-state index contributed by atoms with van der Waals surface area (Å²) in [5.74, 6) is 0.353. The molecule has 1 fully saturated rings. The maximum Gasteiger partial charge on any atom is 0.253 e. The molecule has 2 heterocycles. The predicted molar refractivity (Wildman–Crippen MR) is 158 cm³/mol. The van der Waals surface area contributed by atoms with E-state index in [0.29, 0.717) is 23.1 Å². The van der Waals surface area contributed by atoms with E-state index in [1.54, 1.807) is 0 Å². The first kappa shape index (κ1) is 28.5. The lowest BCUT2D eigenvalue weighted by Crippen LogP contribution is -2.30. The molecule has 39 heavy (non-hydrogen) atoms. The van der Waals surface area contributed by atoms with E-state index in [4.69, 9.17) is 5.73 Å². The van der Waals surface area contributed by atoms with Crippen LogP contribution in [0.2, 0.25) is 0 Å². The maximum absolute atomic E-state index is 13.5. The van der Waals surface area contributed by atoms with Crippen LogP contribution in [-0.4, -0.2) is 47.5 Å². The van der Waals surface area contributed by atoms with Crippen LogP contribution in [-0.2, 0) is 13.1 Å². The molecule has 0 atom stereocenters. The highest BCUT2D eigenvalue weighted by atomic mass is 16.1. The average Bonchev–Trinajstić information content (AvgIpc) is 2.88. The Labute approximate surface area is 231 Å². The summed E-state index contributed by atoms with van der Waals surface area (Å²) in [6.45, 7) is 7.48. The van der Waals surface area contributed by atoms with E-state index in [2.05, 4.69) is 37.6 Å². The van der Waals surface area contributed by atoms with Crippen molar-refractivity contribution in [3.63, 3.8) is 0 Å². The number of amides is 1. The highest BCUT2D eigenvalue weighted by molar-refractivity contribution is 5.98. The molecule has 1 amide bonds. The molecule has 1 aliphatic rings. The van der Waals surface area contributed by atoms with E-state index >= 15 is 0 Å². The first-order chi connectivity index (χ1) is 18.6. The lowest BCUT2D eigenvalue weighted by Gasteiger charge is -2.27. The van der Waals surface area contributed by atoms with Gasteiger partial charge in [0.15, 0.2) is 0 Å².